The second kappa shape index (κ2) is 7.18. The molecule has 0 saturated carbocycles. The molecule has 3 heteroatoms. The van der Waals surface area contributed by atoms with Gasteiger partial charge >= 0.3 is 0 Å². The molecule has 1 aliphatic heterocycles. The predicted molar refractivity (Wildman–Crippen MR) is 99.4 cm³/mol. The number of likely N-dealkylation sites (N-methyl/N-ethyl adjacent to an activating group) is 1. The van der Waals surface area contributed by atoms with Crippen LogP contribution in [0.3, 0.4) is 0 Å². The van der Waals surface area contributed by atoms with Crippen LogP contribution in [0.2, 0.25) is 0 Å². The fourth-order valence-electron chi connectivity index (χ4n) is 3.06. The molecule has 1 saturated heterocycles. The van der Waals surface area contributed by atoms with Gasteiger partial charge in [-0.3, -0.25) is 4.79 Å². The Morgan fingerprint density at radius 1 is 0.833 bits per heavy atom. The second-order valence-electron chi connectivity index (χ2n) is 6.95. The number of rotatable bonds is 3. The Morgan fingerprint density at radius 2 is 1.33 bits per heavy atom. The molecule has 1 fully saturated rings. The average molecular weight is 322 g/mol. The summed E-state index contributed by atoms with van der Waals surface area (Å²) in [5.41, 5.74) is 4.47. The number of piperazine rings is 1. The first-order valence-corrected chi connectivity index (χ1v) is 8.73. The maximum absolute atomic E-state index is 12.6. The van der Waals surface area contributed by atoms with Gasteiger partial charge in [-0.25, -0.2) is 0 Å². The largest absolute Gasteiger partial charge is 0.336 e. The Morgan fingerprint density at radius 3 is 1.83 bits per heavy atom. The van der Waals surface area contributed by atoms with Crippen LogP contribution in [-0.2, 0) is 0 Å². The molecule has 0 N–H and O–H groups in total. The van der Waals surface area contributed by atoms with E-state index in [1.807, 2.05) is 29.2 Å². The van der Waals surface area contributed by atoms with Crippen molar-refractivity contribution in [1.29, 1.82) is 0 Å². The SMILES string of the molecule is CC(C)c1ccc(-c2ccc(C(=O)N3CCN(C)CC3)cc2)cc1. The van der Waals surface area contributed by atoms with Crippen LogP contribution in [0, 0.1) is 0 Å². The van der Waals surface area contributed by atoms with Gasteiger partial charge in [-0.1, -0.05) is 50.2 Å². The number of nitrogens with zero attached hydrogens (tertiary/aromatic N) is 2. The standard InChI is InChI=1S/C21H26N2O/c1-16(2)17-4-6-18(7-5-17)19-8-10-20(11-9-19)21(24)23-14-12-22(3)13-15-23/h4-11,16H,12-15H2,1-3H3. The van der Waals surface area contributed by atoms with Crippen LogP contribution in [-0.4, -0.2) is 48.9 Å². The molecule has 1 heterocycles. The third-order valence-corrected chi connectivity index (χ3v) is 4.83. The molecule has 2 aromatic rings. The predicted octanol–water partition coefficient (Wildman–Crippen LogP) is 3.86. The van der Waals surface area contributed by atoms with E-state index in [0.717, 1.165) is 37.3 Å². The van der Waals surface area contributed by atoms with Gasteiger partial charge in [-0.05, 0) is 41.8 Å². The molecule has 0 radical (unpaired) electrons. The number of carbonyl (C=O) groups is 1. The van der Waals surface area contributed by atoms with Gasteiger partial charge in [0.25, 0.3) is 5.91 Å². The molecule has 126 valence electrons. The highest BCUT2D eigenvalue weighted by Crippen LogP contribution is 2.23. The molecule has 1 amide bonds. The lowest BCUT2D eigenvalue weighted by Crippen LogP contribution is -2.47. The van der Waals surface area contributed by atoms with Crippen LogP contribution in [0.15, 0.2) is 48.5 Å². The van der Waals surface area contributed by atoms with E-state index in [9.17, 15) is 4.79 Å². The zero-order valence-corrected chi connectivity index (χ0v) is 14.8. The molecule has 0 aliphatic carbocycles. The molecule has 24 heavy (non-hydrogen) atoms. The van der Waals surface area contributed by atoms with Crippen molar-refractivity contribution < 1.29 is 4.79 Å². The topological polar surface area (TPSA) is 23.6 Å². The van der Waals surface area contributed by atoms with E-state index in [0.29, 0.717) is 5.92 Å². The van der Waals surface area contributed by atoms with Crippen molar-refractivity contribution in [3.8, 4) is 11.1 Å². The van der Waals surface area contributed by atoms with Crippen molar-refractivity contribution in [2.24, 2.45) is 0 Å². The lowest BCUT2D eigenvalue weighted by Gasteiger charge is -2.32. The highest BCUT2D eigenvalue weighted by Gasteiger charge is 2.20. The Labute approximate surface area is 144 Å². The Balaban J connectivity index is 1.72. The van der Waals surface area contributed by atoms with E-state index in [1.54, 1.807) is 0 Å². The summed E-state index contributed by atoms with van der Waals surface area (Å²) in [5, 5.41) is 0. The van der Waals surface area contributed by atoms with Crippen LogP contribution in [0.4, 0.5) is 0 Å². The summed E-state index contributed by atoms with van der Waals surface area (Å²) < 4.78 is 0. The highest BCUT2D eigenvalue weighted by molar-refractivity contribution is 5.94. The highest BCUT2D eigenvalue weighted by atomic mass is 16.2. The molecule has 1 aliphatic rings. The van der Waals surface area contributed by atoms with E-state index in [2.05, 4.69) is 50.1 Å². The van der Waals surface area contributed by atoms with Crippen LogP contribution in [0.1, 0.15) is 35.7 Å². The van der Waals surface area contributed by atoms with Gasteiger partial charge < -0.3 is 9.80 Å². The lowest BCUT2D eigenvalue weighted by molar-refractivity contribution is 0.0664. The summed E-state index contributed by atoms with van der Waals surface area (Å²) in [6.45, 7) is 7.93. The van der Waals surface area contributed by atoms with Crippen LogP contribution in [0.25, 0.3) is 11.1 Å². The molecule has 2 aromatic carbocycles. The van der Waals surface area contributed by atoms with Crippen molar-refractivity contribution in [1.82, 2.24) is 9.80 Å². The molecular formula is C21H26N2O. The molecule has 3 rings (SSSR count). The summed E-state index contributed by atoms with van der Waals surface area (Å²) in [5.74, 6) is 0.687. The zero-order valence-electron chi connectivity index (χ0n) is 14.8. The molecule has 0 aromatic heterocycles. The molecule has 3 nitrogen and oxygen atoms in total. The van der Waals surface area contributed by atoms with Gasteiger partial charge in [0.15, 0.2) is 0 Å². The second-order valence-corrected chi connectivity index (χ2v) is 6.95. The summed E-state index contributed by atoms with van der Waals surface area (Å²) in [6, 6.07) is 16.7. The minimum absolute atomic E-state index is 0.143. The molecule has 0 atom stereocenters. The first-order valence-electron chi connectivity index (χ1n) is 8.73. The maximum atomic E-state index is 12.6. The summed E-state index contributed by atoms with van der Waals surface area (Å²) in [7, 11) is 2.10. The Kier molecular flexibility index (Phi) is 5.00. The Bertz CT molecular complexity index is 681. The quantitative estimate of drug-likeness (QED) is 0.856. The molecular weight excluding hydrogens is 296 g/mol. The van der Waals surface area contributed by atoms with Gasteiger partial charge in [0.05, 0.1) is 0 Å². The summed E-state index contributed by atoms with van der Waals surface area (Å²) in [6.07, 6.45) is 0. The van der Waals surface area contributed by atoms with Crippen LogP contribution >= 0.6 is 0 Å². The summed E-state index contributed by atoms with van der Waals surface area (Å²) >= 11 is 0. The zero-order chi connectivity index (χ0) is 17.1. The van der Waals surface area contributed by atoms with Gasteiger partial charge in [0, 0.05) is 31.7 Å². The van der Waals surface area contributed by atoms with Crippen molar-refractivity contribution in [3.05, 3.63) is 59.7 Å². The smallest absolute Gasteiger partial charge is 0.253 e. The van der Waals surface area contributed by atoms with E-state index in [-0.39, 0.29) is 5.91 Å². The van der Waals surface area contributed by atoms with Crippen molar-refractivity contribution in [2.75, 3.05) is 33.2 Å². The minimum Gasteiger partial charge on any atom is -0.336 e. The fourth-order valence-corrected chi connectivity index (χ4v) is 3.06. The van der Waals surface area contributed by atoms with Gasteiger partial charge in [-0.2, -0.15) is 0 Å². The average Bonchev–Trinajstić information content (AvgIpc) is 2.62. The maximum Gasteiger partial charge on any atom is 0.253 e. The monoisotopic (exact) mass is 322 g/mol. The molecule has 0 unspecified atom stereocenters. The minimum atomic E-state index is 0.143. The first-order chi connectivity index (χ1) is 11.5. The van der Waals surface area contributed by atoms with Gasteiger partial charge in [-0.15, -0.1) is 0 Å². The van der Waals surface area contributed by atoms with Crippen LogP contribution in [0.5, 0.6) is 0 Å². The van der Waals surface area contributed by atoms with Crippen LogP contribution < -0.4 is 0 Å². The van der Waals surface area contributed by atoms with E-state index < -0.39 is 0 Å². The van der Waals surface area contributed by atoms with E-state index in [4.69, 9.17) is 0 Å². The molecule has 0 spiro atoms. The third kappa shape index (κ3) is 3.68. The lowest BCUT2D eigenvalue weighted by atomic mass is 9.98. The number of carbonyl (C=O) groups excluding carboxylic acids is 1. The fraction of sp³-hybridized carbons (Fsp3) is 0.381. The first kappa shape index (κ1) is 16.7. The van der Waals surface area contributed by atoms with Crippen molar-refractivity contribution in [3.63, 3.8) is 0 Å². The number of amides is 1. The van der Waals surface area contributed by atoms with E-state index in [1.165, 1.54) is 11.1 Å². The van der Waals surface area contributed by atoms with Gasteiger partial charge in [0.2, 0.25) is 0 Å². The van der Waals surface area contributed by atoms with Gasteiger partial charge in [0.1, 0.15) is 0 Å². The van der Waals surface area contributed by atoms with Crippen molar-refractivity contribution >= 4 is 5.91 Å². The number of hydrogen-bond acceptors (Lipinski definition) is 2. The summed E-state index contributed by atoms with van der Waals surface area (Å²) in [4.78, 5) is 16.8. The molecule has 0 bridgehead atoms. The number of benzene rings is 2. The Hall–Kier alpha value is -2.13. The third-order valence-electron chi connectivity index (χ3n) is 4.83. The normalized spacial score (nSPS) is 15.8. The van der Waals surface area contributed by atoms with E-state index >= 15 is 0 Å². The number of hydrogen-bond donors (Lipinski definition) is 0. The van der Waals surface area contributed by atoms with Crippen molar-refractivity contribution in [2.45, 2.75) is 19.8 Å².